The summed E-state index contributed by atoms with van der Waals surface area (Å²) in [5.41, 5.74) is 2.81. The molecule has 0 spiro atoms. The minimum atomic E-state index is -0.846. The summed E-state index contributed by atoms with van der Waals surface area (Å²) in [7, 11) is 0. The highest BCUT2D eigenvalue weighted by molar-refractivity contribution is 7.22. The molecule has 0 aliphatic carbocycles. The number of unbranched alkanes of at least 4 members (excludes halogenated alkanes) is 1. The van der Waals surface area contributed by atoms with Gasteiger partial charge in [-0.25, -0.2) is 4.98 Å². The molecule has 3 aromatic carbocycles. The van der Waals surface area contributed by atoms with E-state index >= 15 is 0 Å². The number of halogens is 1. The Morgan fingerprint density at radius 1 is 1.11 bits per heavy atom. The monoisotopic (exact) mass is 532 g/mol. The number of aliphatic hydroxyl groups is 1. The third-order valence-electron chi connectivity index (χ3n) is 6.26. The maximum Gasteiger partial charge on any atom is 0.301 e. The fraction of sp³-hybridized carbons (Fsp3) is 0.207. The number of rotatable bonds is 7. The molecule has 1 unspecified atom stereocenters. The second-order valence-electron chi connectivity index (χ2n) is 8.92. The van der Waals surface area contributed by atoms with E-state index in [1.165, 1.54) is 16.2 Å². The lowest BCUT2D eigenvalue weighted by Crippen LogP contribution is -2.29. The Labute approximate surface area is 223 Å². The molecular weight excluding hydrogens is 508 g/mol. The number of benzene rings is 3. The van der Waals surface area contributed by atoms with Crippen LogP contribution in [0.5, 0.6) is 5.75 Å². The fourth-order valence-corrected chi connectivity index (χ4v) is 5.57. The molecule has 188 valence electrons. The van der Waals surface area contributed by atoms with Gasteiger partial charge >= 0.3 is 5.91 Å². The molecule has 8 heteroatoms. The highest BCUT2D eigenvalue weighted by Crippen LogP contribution is 2.44. The van der Waals surface area contributed by atoms with Crippen LogP contribution in [0.1, 0.15) is 42.5 Å². The quantitative estimate of drug-likeness (QED) is 0.119. The third-order valence-corrected chi connectivity index (χ3v) is 7.51. The van der Waals surface area contributed by atoms with Crippen molar-refractivity contribution in [2.75, 3.05) is 11.5 Å². The van der Waals surface area contributed by atoms with Crippen molar-refractivity contribution in [2.45, 2.75) is 32.7 Å². The molecule has 2 heterocycles. The van der Waals surface area contributed by atoms with Gasteiger partial charge < -0.3 is 9.84 Å². The number of ketones is 1. The molecule has 0 radical (unpaired) electrons. The molecule has 1 aliphatic heterocycles. The zero-order valence-electron chi connectivity index (χ0n) is 20.4. The van der Waals surface area contributed by atoms with Gasteiger partial charge in [0, 0.05) is 10.6 Å². The van der Waals surface area contributed by atoms with E-state index in [4.69, 9.17) is 16.3 Å². The number of fused-ring (bicyclic) bond motifs is 1. The van der Waals surface area contributed by atoms with Crippen LogP contribution in [0, 0.1) is 6.92 Å². The van der Waals surface area contributed by atoms with Crippen LogP contribution in [0.3, 0.4) is 0 Å². The van der Waals surface area contributed by atoms with Crippen LogP contribution in [0.15, 0.2) is 72.3 Å². The Kier molecular flexibility index (Phi) is 7.00. The number of hydrogen-bond acceptors (Lipinski definition) is 6. The number of ether oxygens (including phenoxy) is 1. The Morgan fingerprint density at radius 3 is 2.65 bits per heavy atom. The molecule has 6 nitrogen and oxygen atoms in total. The molecule has 4 aromatic rings. The number of anilines is 1. The number of aliphatic hydroxyl groups excluding tert-OH is 1. The Bertz CT molecular complexity index is 1530. The zero-order valence-corrected chi connectivity index (χ0v) is 22.0. The SMILES string of the molecule is CCCCOc1cccc(/C(O)=C2\C(=O)C(=O)N(c3nc4ccc(Cl)cc4s3)C2c2ccc(C)cc2)c1. The molecule has 1 fully saturated rings. The summed E-state index contributed by atoms with van der Waals surface area (Å²) >= 11 is 7.43. The second-order valence-corrected chi connectivity index (χ2v) is 10.4. The minimum Gasteiger partial charge on any atom is -0.507 e. The van der Waals surface area contributed by atoms with Crippen LogP contribution in [-0.2, 0) is 9.59 Å². The highest BCUT2D eigenvalue weighted by atomic mass is 35.5. The van der Waals surface area contributed by atoms with E-state index in [0.717, 1.165) is 23.1 Å². The van der Waals surface area contributed by atoms with Crippen LogP contribution in [0.4, 0.5) is 5.13 Å². The van der Waals surface area contributed by atoms with Crippen molar-refractivity contribution >= 4 is 55.7 Å². The van der Waals surface area contributed by atoms with Crippen molar-refractivity contribution in [1.82, 2.24) is 4.98 Å². The molecular formula is C29H25ClN2O4S. The van der Waals surface area contributed by atoms with Gasteiger partial charge in [0.15, 0.2) is 5.13 Å². The molecule has 1 atom stereocenters. The average Bonchev–Trinajstić information content (AvgIpc) is 3.42. The molecule has 1 aliphatic rings. The normalized spacial score (nSPS) is 17.1. The third kappa shape index (κ3) is 4.84. The molecule has 1 aromatic heterocycles. The van der Waals surface area contributed by atoms with Crippen molar-refractivity contribution in [3.05, 3.63) is 94.0 Å². The van der Waals surface area contributed by atoms with Crippen LogP contribution in [-0.4, -0.2) is 28.4 Å². The largest absolute Gasteiger partial charge is 0.507 e. The standard InChI is InChI=1S/C29H25ClN2O4S/c1-3-4-14-36-21-7-5-6-19(15-21)26(33)24-25(18-10-8-17(2)9-11-18)32(28(35)27(24)34)29-31-22-13-12-20(30)16-23(22)37-29/h5-13,15-16,25,33H,3-4,14H2,1-2H3/b26-24+. The minimum absolute atomic E-state index is 0.0110. The number of aromatic nitrogens is 1. The first-order chi connectivity index (χ1) is 17.9. The van der Waals surface area contributed by atoms with Crippen molar-refractivity contribution < 1.29 is 19.4 Å². The van der Waals surface area contributed by atoms with E-state index < -0.39 is 17.7 Å². The summed E-state index contributed by atoms with van der Waals surface area (Å²) in [6.45, 7) is 4.59. The number of amides is 1. The number of aryl methyl sites for hydroxylation is 1. The van der Waals surface area contributed by atoms with Gasteiger partial charge in [-0.05, 0) is 49.2 Å². The predicted molar refractivity (Wildman–Crippen MR) is 147 cm³/mol. The van der Waals surface area contributed by atoms with Gasteiger partial charge in [-0.15, -0.1) is 0 Å². The van der Waals surface area contributed by atoms with E-state index in [2.05, 4.69) is 11.9 Å². The Morgan fingerprint density at radius 2 is 1.89 bits per heavy atom. The smallest absolute Gasteiger partial charge is 0.301 e. The lowest BCUT2D eigenvalue weighted by atomic mass is 9.95. The van der Waals surface area contributed by atoms with E-state index in [1.54, 1.807) is 42.5 Å². The molecule has 1 N–H and O–H groups in total. The topological polar surface area (TPSA) is 79.7 Å². The number of Topliss-reactive ketones (excluding diaryl/α,β-unsaturated/α-hetero) is 1. The van der Waals surface area contributed by atoms with Crippen molar-refractivity contribution in [3.63, 3.8) is 0 Å². The van der Waals surface area contributed by atoms with Crippen molar-refractivity contribution in [1.29, 1.82) is 0 Å². The highest BCUT2D eigenvalue weighted by Gasteiger charge is 2.48. The van der Waals surface area contributed by atoms with E-state index in [-0.39, 0.29) is 11.3 Å². The van der Waals surface area contributed by atoms with Gasteiger partial charge in [-0.3, -0.25) is 14.5 Å². The number of carbonyl (C=O) groups excluding carboxylic acids is 2. The Balaban J connectivity index is 1.64. The van der Waals surface area contributed by atoms with Crippen LogP contribution >= 0.6 is 22.9 Å². The van der Waals surface area contributed by atoms with Crippen molar-refractivity contribution in [3.8, 4) is 5.75 Å². The molecule has 0 bridgehead atoms. The number of carbonyl (C=O) groups is 2. The van der Waals surface area contributed by atoms with Gasteiger partial charge in [0.2, 0.25) is 0 Å². The summed E-state index contributed by atoms with van der Waals surface area (Å²) in [5.74, 6) is -1.18. The predicted octanol–water partition coefficient (Wildman–Crippen LogP) is 7.06. The van der Waals surface area contributed by atoms with Crippen LogP contribution < -0.4 is 9.64 Å². The summed E-state index contributed by atoms with van der Waals surface area (Å²) in [6.07, 6.45) is 1.90. The molecule has 1 amide bonds. The van der Waals surface area contributed by atoms with Gasteiger partial charge in [0.25, 0.3) is 5.78 Å². The van der Waals surface area contributed by atoms with E-state index in [9.17, 15) is 14.7 Å². The zero-order chi connectivity index (χ0) is 26.1. The van der Waals surface area contributed by atoms with E-state index in [0.29, 0.717) is 39.2 Å². The molecule has 0 saturated carbocycles. The summed E-state index contributed by atoms with van der Waals surface area (Å²) < 4.78 is 6.59. The number of thiazole rings is 1. The first-order valence-electron chi connectivity index (χ1n) is 12.0. The first kappa shape index (κ1) is 25.0. The fourth-order valence-electron chi connectivity index (χ4n) is 4.31. The maximum atomic E-state index is 13.4. The Hall–Kier alpha value is -3.68. The molecule has 1 saturated heterocycles. The van der Waals surface area contributed by atoms with Gasteiger partial charge in [-0.1, -0.05) is 78.2 Å². The average molecular weight is 533 g/mol. The molecule has 5 rings (SSSR count). The van der Waals surface area contributed by atoms with Gasteiger partial charge in [-0.2, -0.15) is 0 Å². The number of hydrogen-bond donors (Lipinski definition) is 1. The van der Waals surface area contributed by atoms with Crippen LogP contribution in [0.2, 0.25) is 5.02 Å². The number of nitrogens with zero attached hydrogens (tertiary/aromatic N) is 2. The maximum absolute atomic E-state index is 13.4. The van der Waals surface area contributed by atoms with Gasteiger partial charge in [0.1, 0.15) is 11.5 Å². The second kappa shape index (κ2) is 10.4. The summed E-state index contributed by atoms with van der Waals surface area (Å²) in [5, 5.41) is 12.3. The van der Waals surface area contributed by atoms with E-state index in [1.807, 2.05) is 31.2 Å². The lowest BCUT2D eigenvalue weighted by molar-refractivity contribution is -0.132. The summed E-state index contributed by atoms with van der Waals surface area (Å²) in [6, 6.07) is 18.9. The van der Waals surface area contributed by atoms with Gasteiger partial charge in [0.05, 0.1) is 28.4 Å². The lowest BCUT2D eigenvalue weighted by Gasteiger charge is -2.23. The molecule has 37 heavy (non-hydrogen) atoms. The van der Waals surface area contributed by atoms with Crippen molar-refractivity contribution in [2.24, 2.45) is 0 Å². The summed E-state index contributed by atoms with van der Waals surface area (Å²) in [4.78, 5) is 32.9. The van der Waals surface area contributed by atoms with Crippen LogP contribution in [0.25, 0.3) is 16.0 Å². The first-order valence-corrected chi connectivity index (χ1v) is 13.2.